The Kier molecular flexibility index (Phi) is 7.94. The van der Waals surface area contributed by atoms with Crippen LogP contribution in [-0.2, 0) is 9.39 Å². The molecule has 0 saturated carbocycles. The van der Waals surface area contributed by atoms with Gasteiger partial charge in [0.2, 0.25) is 0 Å². The van der Waals surface area contributed by atoms with Crippen LogP contribution in [0.2, 0.25) is 0 Å². The number of benzene rings is 1. The molecule has 0 bridgehead atoms. The molecule has 0 atom stereocenters. The molecule has 0 radical (unpaired) electrons. The van der Waals surface area contributed by atoms with Crippen LogP contribution in [0.15, 0.2) is 24.3 Å². The van der Waals surface area contributed by atoms with Crippen LogP contribution in [-0.4, -0.2) is 54.3 Å². The predicted octanol–water partition coefficient (Wildman–Crippen LogP) is 1.79. The Morgan fingerprint density at radius 3 is 2.08 bits per heavy atom. The fourth-order valence-corrected chi connectivity index (χ4v) is 1.95. The van der Waals surface area contributed by atoms with Crippen molar-refractivity contribution < 1.29 is 24.3 Å². The second-order valence-electron chi connectivity index (χ2n) is 7.95. The van der Waals surface area contributed by atoms with Crippen molar-refractivity contribution in [3.63, 3.8) is 0 Å². The number of aliphatic hydroxyl groups excluding tert-OH is 1. The molecule has 1 rings (SSSR count). The van der Waals surface area contributed by atoms with Crippen LogP contribution in [0.1, 0.15) is 48.0 Å². The second kappa shape index (κ2) is 9.03. The van der Waals surface area contributed by atoms with Crippen LogP contribution in [0.3, 0.4) is 0 Å². The average Bonchev–Trinajstić information content (AvgIpc) is 2.49. The number of rotatable bonds is 11. The quantitative estimate of drug-likeness (QED) is 0.469. The fraction of sp³-hybridized carbons (Fsp3) is 0.684. The summed E-state index contributed by atoms with van der Waals surface area (Å²) in [6, 6.07) is 7.78. The number of aliphatic hydroxyl groups is 2. The molecule has 0 saturated heterocycles. The number of ether oxygens (including phenoxy) is 2. The van der Waals surface area contributed by atoms with Crippen LogP contribution in [0.5, 0.6) is 5.75 Å². The van der Waals surface area contributed by atoms with Gasteiger partial charge in [0.15, 0.2) is 0 Å². The highest BCUT2D eigenvalue weighted by atomic mass is 16.5. The third kappa shape index (κ3) is 7.78. The molecule has 25 heavy (non-hydrogen) atoms. The first-order valence-corrected chi connectivity index (χ1v) is 8.80. The minimum absolute atomic E-state index is 0.0368. The zero-order chi connectivity index (χ0) is 19.1. The summed E-state index contributed by atoms with van der Waals surface area (Å²) in [6.45, 7) is 12.2. The summed E-state index contributed by atoms with van der Waals surface area (Å²) in [7, 11) is 0.426. The Morgan fingerprint density at radius 2 is 1.56 bits per heavy atom. The third-order valence-corrected chi connectivity index (χ3v) is 4.47. The molecule has 2 N–H and O–H groups in total. The van der Waals surface area contributed by atoms with Crippen molar-refractivity contribution in [2.24, 2.45) is 0 Å². The van der Waals surface area contributed by atoms with Crippen molar-refractivity contribution in [3.8, 4) is 5.75 Å². The maximum atomic E-state index is 10.1. The highest BCUT2D eigenvalue weighted by Gasteiger charge is 2.35. The minimum atomic E-state index is -0.918. The van der Waals surface area contributed by atoms with Gasteiger partial charge in [-0.05, 0) is 53.7 Å². The monoisotopic (exact) mass is 352 g/mol. The van der Waals surface area contributed by atoms with Crippen molar-refractivity contribution in [2.45, 2.75) is 64.8 Å². The van der Waals surface area contributed by atoms with E-state index in [1.54, 1.807) is 13.8 Å². The van der Waals surface area contributed by atoms with Crippen LogP contribution in [0, 0.1) is 0 Å². The van der Waals surface area contributed by atoms with Crippen molar-refractivity contribution in [1.29, 1.82) is 0 Å². The Labute approximate surface area is 152 Å². The lowest BCUT2D eigenvalue weighted by atomic mass is 9.82. The third-order valence-electron chi connectivity index (χ3n) is 4.47. The van der Waals surface area contributed by atoms with Crippen LogP contribution in [0.25, 0.3) is 0 Å². The molecule has 142 valence electrons. The molecule has 5 nitrogen and oxygen atoms in total. The van der Waals surface area contributed by atoms with Crippen LogP contribution < -0.4 is 10.2 Å². The molecule has 0 aromatic heterocycles. The SMILES string of the molecule is CC(C)(CCOCCO)Oc1ccc(BOC(C)(C)C(C)(C)O)cc1. The first kappa shape index (κ1) is 22.0. The maximum Gasteiger partial charge on any atom is 0.309 e. The normalized spacial score (nSPS) is 13.0. The minimum Gasteiger partial charge on any atom is -0.488 e. The molecule has 0 fully saturated rings. The predicted molar refractivity (Wildman–Crippen MR) is 102 cm³/mol. The molecular weight excluding hydrogens is 319 g/mol. The van der Waals surface area contributed by atoms with Gasteiger partial charge in [-0.2, -0.15) is 0 Å². The van der Waals surface area contributed by atoms with E-state index in [0.29, 0.717) is 20.7 Å². The van der Waals surface area contributed by atoms with Gasteiger partial charge in [0.1, 0.15) is 11.4 Å². The first-order chi connectivity index (χ1) is 11.5. The molecule has 0 spiro atoms. The van der Waals surface area contributed by atoms with Gasteiger partial charge in [-0.25, -0.2) is 0 Å². The van der Waals surface area contributed by atoms with Crippen molar-refractivity contribution in [3.05, 3.63) is 24.3 Å². The summed E-state index contributed by atoms with van der Waals surface area (Å²) < 4.78 is 17.2. The van der Waals surface area contributed by atoms with E-state index in [9.17, 15) is 5.11 Å². The van der Waals surface area contributed by atoms with Gasteiger partial charge in [-0.15, -0.1) is 0 Å². The number of hydrogen-bond acceptors (Lipinski definition) is 5. The molecule has 0 aliphatic carbocycles. The van der Waals surface area contributed by atoms with Gasteiger partial charge in [0.05, 0.1) is 31.0 Å². The van der Waals surface area contributed by atoms with Gasteiger partial charge in [0.25, 0.3) is 0 Å². The molecule has 1 aromatic rings. The molecule has 0 aliphatic heterocycles. The molecule has 1 aromatic carbocycles. The second-order valence-corrected chi connectivity index (χ2v) is 7.95. The van der Waals surface area contributed by atoms with Crippen molar-refractivity contribution in [2.75, 3.05) is 19.8 Å². The van der Waals surface area contributed by atoms with E-state index < -0.39 is 11.2 Å². The summed E-state index contributed by atoms with van der Waals surface area (Å²) in [5, 5.41) is 18.8. The Bertz CT molecular complexity index is 506. The standard InChI is InChI=1S/C19H33BO5/c1-17(2,11-13-23-14-12-21)24-16-9-7-15(8-10-16)20-25-19(5,6)18(3,4)22/h7-10,20-22H,11-14H2,1-6H3. The molecule has 0 unspecified atom stereocenters. The Hall–Kier alpha value is -1.08. The van der Waals surface area contributed by atoms with E-state index in [1.807, 2.05) is 52.0 Å². The van der Waals surface area contributed by atoms with Crippen molar-refractivity contribution >= 4 is 12.9 Å². The maximum absolute atomic E-state index is 10.1. The van der Waals surface area contributed by atoms with Crippen LogP contribution >= 0.6 is 0 Å². The smallest absolute Gasteiger partial charge is 0.309 e. The van der Waals surface area contributed by atoms with Gasteiger partial charge >= 0.3 is 7.48 Å². The van der Waals surface area contributed by atoms with Gasteiger partial charge in [-0.3, -0.25) is 0 Å². The molecule has 0 amide bonds. The fourth-order valence-electron chi connectivity index (χ4n) is 1.95. The van der Waals surface area contributed by atoms with E-state index in [-0.39, 0.29) is 12.2 Å². The Morgan fingerprint density at radius 1 is 0.960 bits per heavy atom. The lowest BCUT2D eigenvalue weighted by Gasteiger charge is -2.37. The van der Waals surface area contributed by atoms with E-state index in [1.165, 1.54) is 0 Å². The zero-order valence-electron chi connectivity index (χ0n) is 16.5. The highest BCUT2D eigenvalue weighted by Crippen LogP contribution is 2.24. The topological polar surface area (TPSA) is 68.2 Å². The van der Waals surface area contributed by atoms with Gasteiger partial charge in [-0.1, -0.05) is 17.6 Å². The van der Waals surface area contributed by atoms with E-state index in [4.69, 9.17) is 19.2 Å². The summed E-state index contributed by atoms with van der Waals surface area (Å²) in [4.78, 5) is 0. The summed E-state index contributed by atoms with van der Waals surface area (Å²) in [6.07, 6.45) is 0.734. The molecule has 0 heterocycles. The first-order valence-electron chi connectivity index (χ1n) is 8.80. The highest BCUT2D eigenvalue weighted by molar-refractivity contribution is 6.47. The van der Waals surface area contributed by atoms with Gasteiger partial charge in [0, 0.05) is 6.42 Å². The Balaban J connectivity index is 2.53. The zero-order valence-corrected chi connectivity index (χ0v) is 16.5. The number of hydrogen-bond donors (Lipinski definition) is 2. The summed E-state index contributed by atoms with van der Waals surface area (Å²) in [5.74, 6) is 0.789. The summed E-state index contributed by atoms with van der Waals surface area (Å²) >= 11 is 0. The van der Waals surface area contributed by atoms with Crippen molar-refractivity contribution in [1.82, 2.24) is 0 Å². The van der Waals surface area contributed by atoms with E-state index in [2.05, 4.69) is 0 Å². The van der Waals surface area contributed by atoms with E-state index >= 15 is 0 Å². The van der Waals surface area contributed by atoms with Crippen LogP contribution in [0.4, 0.5) is 0 Å². The van der Waals surface area contributed by atoms with E-state index in [0.717, 1.165) is 17.6 Å². The summed E-state index contributed by atoms with van der Waals surface area (Å²) in [5.41, 5.74) is -0.887. The molecule has 0 aliphatic rings. The largest absolute Gasteiger partial charge is 0.488 e. The lowest BCUT2D eigenvalue weighted by molar-refractivity contribution is -0.0893. The van der Waals surface area contributed by atoms with Gasteiger partial charge < -0.3 is 24.3 Å². The molecular formula is C19H33BO5. The average molecular weight is 352 g/mol. The lowest BCUT2D eigenvalue weighted by Crippen LogP contribution is -2.49. The molecule has 6 heteroatoms.